The van der Waals surface area contributed by atoms with Crippen molar-refractivity contribution in [3.8, 4) is 5.69 Å². The highest BCUT2D eigenvalue weighted by molar-refractivity contribution is 6.35. The Labute approximate surface area is 103 Å². The summed E-state index contributed by atoms with van der Waals surface area (Å²) in [6.45, 7) is 0.624. The van der Waals surface area contributed by atoms with Crippen molar-refractivity contribution in [1.82, 2.24) is 20.1 Å². The highest BCUT2D eigenvalue weighted by Crippen LogP contribution is 2.24. The number of halogens is 2. The van der Waals surface area contributed by atoms with Crippen LogP contribution in [0.15, 0.2) is 24.5 Å². The molecular formula is C10H10Cl2N4. The van der Waals surface area contributed by atoms with Crippen LogP contribution in [0.4, 0.5) is 0 Å². The van der Waals surface area contributed by atoms with Crippen molar-refractivity contribution in [2.45, 2.75) is 6.54 Å². The summed E-state index contributed by atoms with van der Waals surface area (Å²) in [6.07, 6.45) is 1.63. The molecule has 1 aromatic heterocycles. The molecule has 0 atom stereocenters. The Morgan fingerprint density at radius 3 is 2.88 bits per heavy atom. The van der Waals surface area contributed by atoms with Crippen molar-refractivity contribution >= 4 is 23.2 Å². The van der Waals surface area contributed by atoms with Crippen molar-refractivity contribution in [3.63, 3.8) is 0 Å². The van der Waals surface area contributed by atoms with Crippen molar-refractivity contribution < 1.29 is 0 Å². The molecule has 0 unspecified atom stereocenters. The molecule has 1 heterocycles. The molecule has 4 nitrogen and oxygen atoms in total. The summed E-state index contributed by atoms with van der Waals surface area (Å²) in [5.41, 5.74) is 0.821. The number of hydrogen-bond acceptors (Lipinski definition) is 3. The topological polar surface area (TPSA) is 42.7 Å². The highest BCUT2D eigenvalue weighted by atomic mass is 35.5. The van der Waals surface area contributed by atoms with Crippen LogP contribution in [0.5, 0.6) is 0 Å². The lowest BCUT2D eigenvalue weighted by atomic mass is 10.3. The zero-order valence-corrected chi connectivity index (χ0v) is 10.1. The molecule has 0 radical (unpaired) electrons. The van der Waals surface area contributed by atoms with Gasteiger partial charge in [-0.1, -0.05) is 23.2 Å². The van der Waals surface area contributed by atoms with Gasteiger partial charge in [-0.15, -0.1) is 10.2 Å². The second-order valence-electron chi connectivity index (χ2n) is 3.24. The van der Waals surface area contributed by atoms with Gasteiger partial charge in [-0.3, -0.25) is 4.57 Å². The van der Waals surface area contributed by atoms with Crippen molar-refractivity contribution in [2.75, 3.05) is 7.05 Å². The number of nitrogens with one attached hydrogen (secondary N) is 1. The van der Waals surface area contributed by atoms with E-state index in [0.29, 0.717) is 16.6 Å². The molecular weight excluding hydrogens is 247 g/mol. The van der Waals surface area contributed by atoms with E-state index in [9.17, 15) is 0 Å². The van der Waals surface area contributed by atoms with Crippen LogP contribution in [-0.2, 0) is 6.54 Å². The molecule has 0 saturated carbocycles. The van der Waals surface area contributed by atoms with E-state index in [1.54, 1.807) is 18.5 Å². The van der Waals surface area contributed by atoms with Crippen LogP contribution < -0.4 is 5.32 Å². The minimum Gasteiger partial charge on any atom is -0.313 e. The fourth-order valence-electron chi connectivity index (χ4n) is 1.42. The average Bonchev–Trinajstić information content (AvgIpc) is 2.67. The van der Waals surface area contributed by atoms with Gasteiger partial charge >= 0.3 is 0 Å². The third-order valence-corrected chi connectivity index (χ3v) is 2.66. The molecule has 0 bridgehead atoms. The van der Waals surface area contributed by atoms with E-state index in [1.165, 1.54) is 0 Å². The molecule has 0 aliphatic heterocycles. The van der Waals surface area contributed by atoms with Gasteiger partial charge in [-0.25, -0.2) is 0 Å². The standard InChI is InChI=1S/C10H10Cl2N4/c1-13-5-10-15-14-6-16(10)9-3-2-7(11)4-8(9)12/h2-4,6,13H,5H2,1H3. The van der Waals surface area contributed by atoms with E-state index in [-0.39, 0.29) is 0 Å². The lowest BCUT2D eigenvalue weighted by Crippen LogP contribution is -2.11. The first-order chi connectivity index (χ1) is 7.72. The maximum absolute atomic E-state index is 6.11. The molecule has 0 amide bonds. The molecule has 1 N–H and O–H groups in total. The number of hydrogen-bond donors (Lipinski definition) is 1. The molecule has 2 rings (SSSR count). The normalized spacial score (nSPS) is 10.7. The van der Waals surface area contributed by atoms with Gasteiger partial charge in [0.2, 0.25) is 0 Å². The summed E-state index contributed by atoms with van der Waals surface area (Å²) in [5.74, 6) is 0.798. The van der Waals surface area contributed by atoms with Crippen molar-refractivity contribution in [3.05, 3.63) is 40.4 Å². The second kappa shape index (κ2) is 4.82. The van der Waals surface area contributed by atoms with Crippen LogP contribution in [0.25, 0.3) is 5.69 Å². The van der Waals surface area contributed by atoms with E-state index in [0.717, 1.165) is 11.5 Å². The van der Waals surface area contributed by atoms with Gasteiger partial charge in [0.05, 0.1) is 17.3 Å². The number of aromatic nitrogens is 3. The Morgan fingerprint density at radius 1 is 1.38 bits per heavy atom. The molecule has 0 fully saturated rings. The Bertz CT molecular complexity index is 495. The monoisotopic (exact) mass is 256 g/mol. The summed E-state index contributed by atoms with van der Waals surface area (Å²) < 4.78 is 1.83. The SMILES string of the molecule is CNCc1nncn1-c1ccc(Cl)cc1Cl. The summed E-state index contributed by atoms with van der Waals surface area (Å²) in [5, 5.41) is 12.1. The molecule has 16 heavy (non-hydrogen) atoms. The quantitative estimate of drug-likeness (QED) is 0.917. The molecule has 1 aromatic carbocycles. The van der Waals surface area contributed by atoms with Gasteiger partial charge in [-0.05, 0) is 25.2 Å². The third kappa shape index (κ3) is 2.19. The highest BCUT2D eigenvalue weighted by Gasteiger charge is 2.08. The largest absolute Gasteiger partial charge is 0.313 e. The number of nitrogens with zero attached hydrogens (tertiary/aromatic N) is 3. The first kappa shape index (κ1) is 11.4. The van der Waals surface area contributed by atoms with Gasteiger partial charge < -0.3 is 5.32 Å². The van der Waals surface area contributed by atoms with Crippen molar-refractivity contribution in [2.24, 2.45) is 0 Å². The fraction of sp³-hybridized carbons (Fsp3) is 0.200. The Balaban J connectivity index is 2.46. The Kier molecular flexibility index (Phi) is 3.43. The van der Waals surface area contributed by atoms with E-state index in [2.05, 4.69) is 15.5 Å². The number of rotatable bonds is 3. The number of benzene rings is 1. The van der Waals surface area contributed by atoms with Crippen LogP contribution in [0.3, 0.4) is 0 Å². The zero-order chi connectivity index (χ0) is 11.5. The molecule has 2 aromatic rings. The van der Waals surface area contributed by atoms with Gasteiger partial charge in [-0.2, -0.15) is 0 Å². The second-order valence-corrected chi connectivity index (χ2v) is 4.09. The summed E-state index contributed by atoms with van der Waals surface area (Å²) >= 11 is 12.0. The first-order valence-corrected chi connectivity index (χ1v) is 5.47. The van der Waals surface area contributed by atoms with Crippen LogP contribution in [0.2, 0.25) is 10.0 Å². The minimum absolute atomic E-state index is 0.574. The molecule has 84 valence electrons. The smallest absolute Gasteiger partial charge is 0.151 e. The van der Waals surface area contributed by atoms with E-state index < -0.39 is 0 Å². The van der Waals surface area contributed by atoms with Crippen molar-refractivity contribution in [1.29, 1.82) is 0 Å². The lowest BCUT2D eigenvalue weighted by Gasteiger charge is -2.08. The third-order valence-electron chi connectivity index (χ3n) is 2.12. The maximum atomic E-state index is 6.11. The Hall–Kier alpha value is -1.10. The summed E-state index contributed by atoms with van der Waals surface area (Å²) in [7, 11) is 1.85. The Morgan fingerprint density at radius 2 is 2.19 bits per heavy atom. The van der Waals surface area contributed by atoms with Gasteiger partial charge in [0.1, 0.15) is 6.33 Å². The van der Waals surface area contributed by atoms with E-state index in [4.69, 9.17) is 23.2 Å². The predicted molar refractivity (Wildman–Crippen MR) is 64.1 cm³/mol. The maximum Gasteiger partial charge on any atom is 0.151 e. The predicted octanol–water partition coefficient (Wildman–Crippen LogP) is 2.29. The zero-order valence-electron chi connectivity index (χ0n) is 8.61. The van der Waals surface area contributed by atoms with Gasteiger partial charge in [0.25, 0.3) is 0 Å². The fourth-order valence-corrected chi connectivity index (χ4v) is 1.91. The van der Waals surface area contributed by atoms with Gasteiger partial charge in [0, 0.05) is 5.02 Å². The summed E-state index contributed by atoms with van der Waals surface area (Å²) in [6, 6.07) is 5.32. The first-order valence-electron chi connectivity index (χ1n) is 4.71. The van der Waals surface area contributed by atoms with E-state index >= 15 is 0 Å². The van der Waals surface area contributed by atoms with E-state index in [1.807, 2.05) is 17.7 Å². The minimum atomic E-state index is 0.574. The lowest BCUT2D eigenvalue weighted by molar-refractivity contribution is 0.737. The van der Waals surface area contributed by atoms with Gasteiger partial charge in [0.15, 0.2) is 5.82 Å². The average molecular weight is 257 g/mol. The van der Waals surface area contributed by atoms with Crippen LogP contribution in [0, 0.1) is 0 Å². The molecule has 0 saturated heterocycles. The molecule has 0 spiro atoms. The molecule has 0 aliphatic rings. The summed E-state index contributed by atoms with van der Waals surface area (Å²) in [4.78, 5) is 0. The van der Waals surface area contributed by atoms with Crippen LogP contribution in [-0.4, -0.2) is 21.8 Å². The molecule has 0 aliphatic carbocycles. The van der Waals surface area contributed by atoms with Crippen LogP contribution >= 0.6 is 23.2 Å². The molecule has 6 heteroatoms. The van der Waals surface area contributed by atoms with Crippen LogP contribution in [0.1, 0.15) is 5.82 Å².